The Morgan fingerprint density at radius 1 is 1.11 bits per heavy atom. The molecule has 3 aromatic rings. The van der Waals surface area contributed by atoms with E-state index in [1.807, 2.05) is 36.4 Å². The number of rotatable bonds is 4. The van der Waals surface area contributed by atoms with Crippen LogP contribution in [0.15, 0.2) is 72.6 Å². The van der Waals surface area contributed by atoms with E-state index in [1.165, 1.54) is 0 Å². The van der Waals surface area contributed by atoms with Crippen LogP contribution in [-0.2, 0) is 11.2 Å². The van der Waals surface area contributed by atoms with Crippen LogP contribution in [0.3, 0.4) is 0 Å². The number of aromatic nitrogens is 1. The summed E-state index contributed by atoms with van der Waals surface area (Å²) in [5.41, 5.74) is 2.67. The zero-order valence-corrected chi connectivity index (χ0v) is 15.2. The minimum absolute atomic E-state index is 0.168. The van der Waals surface area contributed by atoms with Crippen molar-refractivity contribution in [3.63, 3.8) is 0 Å². The quantitative estimate of drug-likeness (QED) is 0.391. The number of pyridine rings is 1. The Morgan fingerprint density at radius 2 is 1.89 bits per heavy atom. The number of esters is 1. The number of benzene rings is 2. The summed E-state index contributed by atoms with van der Waals surface area (Å²) in [5.74, 6) is 0.350. The van der Waals surface area contributed by atoms with Gasteiger partial charge in [-0.2, -0.15) is 0 Å². The zero-order valence-electron chi connectivity index (χ0n) is 15.2. The molecule has 0 saturated carbocycles. The maximum Gasteiger partial charge on any atom is 0.315 e. The van der Waals surface area contributed by atoms with E-state index in [-0.39, 0.29) is 23.9 Å². The highest BCUT2D eigenvalue weighted by atomic mass is 16.5. The van der Waals surface area contributed by atoms with E-state index in [2.05, 4.69) is 4.98 Å². The van der Waals surface area contributed by atoms with Gasteiger partial charge in [0.2, 0.25) is 5.78 Å². The third-order valence-corrected chi connectivity index (χ3v) is 4.33. The number of allylic oxidation sites excluding steroid dienone is 1. The molecule has 138 valence electrons. The Kier molecular flexibility index (Phi) is 4.72. The highest BCUT2D eigenvalue weighted by molar-refractivity contribution is 6.15. The lowest BCUT2D eigenvalue weighted by molar-refractivity contribution is -0.133. The zero-order chi connectivity index (χ0) is 19.5. The van der Waals surface area contributed by atoms with E-state index >= 15 is 0 Å². The van der Waals surface area contributed by atoms with E-state index in [0.717, 1.165) is 5.56 Å². The summed E-state index contributed by atoms with van der Waals surface area (Å²) in [7, 11) is 0. The first kappa shape index (κ1) is 17.7. The summed E-state index contributed by atoms with van der Waals surface area (Å²) in [6.45, 7) is 1.79. The lowest BCUT2D eigenvalue weighted by Crippen LogP contribution is -2.11. The van der Waals surface area contributed by atoms with Crippen molar-refractivity contribution >= 4 is 17.8 Å². The van der Waals surface area contributed by atoms with E-state index in [9.17, 15) is 9.59 Å². The third kappa shape index (κ3) is 3.69. The third-order valence-electron chi connectivity index (χ3n) is 4.33. The molecule has 0 radical (unpaired) electrons. The van der Waals surface area contributed by atoms with Crippen molar-refractivity contribution in [2.45, 2.75) is 13.3 Å². The van der Waals surface area contributed by atoms with Crippen LogP contribution in [0.25, 0.3) is 6.08 Å². The molecule has 5 heteroatoms. The normalized spacial score (nSPS) is 13.9. The summed E-state index contributed by atoms with van der Waals surface area (Å²) in [6.07, 6.45) is 3.42. The van der Waals surface area contributed by atoms with Crippen molar-refractivity contribution in [1.82, 2.24) is 4.98 Å². The second kappa shape index (κ2) is 7.48. The van der Waals surface area contributed by atoms with Crippen LogP contribution in [0.2, 0.25) is 0 Å². The van der Waals surface area contributed by atoms with Gasteiger partial charge in [0, 0.05) is 18.3 Å². The van der Waals surface area contributed by atoms with Crippen molar-refractivity contribution in [2.75, 3.05) is 0 Å². The molecular formula is C23H17NO4. The largest absolute Gasteiger partial charge is 0.452 e. The summed E-state index contributed by atoms with van der Waals surface area (Å²) >= 11 is 0. The van der Waals surface area contributed by atoms with Gasteiger partial charge >= 0.3 is 5.97 Å². The second-order valence-electron chi connectivity index (χ2n) is 6.44. The molecule has 4 rings (SSSR count). The first-order valence-corrected chi connectivity index (χ1v) is 8.85. The van der Waals surface area contributed by atoms with Crippen LogP contribution in [0, 0.1) is 6.92 Å². The Balaban J connectivity index is 1.55. The molecule has 1 aliphatic rings. The topological polar surface area (TPSA) is 65.5 Å². The number of nitrogens with zero attached hydrogens (tertiary/aromatic N) is 1. The molecule has 0 atom stereocenters. The van der Waals surface area contributed by atoms with Crippen molar-refractivity contribution in [1.29, 1.82) is 0 Å². The monoisotopic (exact) mass is 371 g/mol. The molecule has 5 nitrogen and oxygen atoms in total. The lowest BCUT2D eigenvalue weighted by Gasteiger charge is -2.08. The van der Waals surface area contributed by atoms with Crippen molar-refractivity contribution in [3.8, 4) is 11.5 Å². The smallest absolute Gasteiger partial charge is 0.315 e. The van der Waals surface area contributed by atoms with Crippen molar-refractivity contribution < 1.29 is 19.1 Å². The number of fused-ring (bicyclic) bond motifs is 1. The van der Waals surface area contributed by atoms with Crippen LogP contribution in [0.5, 0.6) is 11.5 Å². The molecule has 0 N–H and O–H groups in total. The number of Topliss-reactive ketones (excluding diaryl/α,β-unsaturated/α-hetero) is 1. The Morgan fingerprint density at radius 3 is 2.64 bits per heavy atom. The number of carbonyl (C=O) groups excluding carboxylic acids is 2. The lowest BCUT2D eigenvalue weighted by atomic mass is 10.0. The number of hydrogen-bond donors (Lipinski definition) is 0. The molecule has 0 saturated heterocycles. The van der Waals surface area contributed by atoms with Gasteiger partial charge < -0.3 is 9.47 Å². The average molecular weight is 371 g/mol. The fourth-order valence-electron chi connectivity index (χ4n) is 3.06. The maximum atomic E-state index is 12.7. The van der Waals surface area contributed by atoms with E-state index in [0.29, 0.717) is 28.3 Å². The van der Waals surface area contributed by atoms with Gasteiger partial charge in [-0.15, -0.1) is 0 Å². The van der Waals surface area contributed by atoms with Gasteiger partial charge in [-0.05, 0) is 36.2 Å². The van der Waals surface area contributed by atoms with E-state index in [4.69, 9.17) is 9.47 Å². The average Bonchev–Trinajstić information content (AvgIpc) is 2.99. The van der Waals surface area contributed by atoms with E-state index < -0.39 is 0 Å². The first-order chi connectivity index (χ1) is 13.6. The summed E-state index contributed by atoms with van der Waals surface area (Å²) < 4.78 is 11.2. The summed E-state index contributed by atoms with van der Waals surface area (Å²) in [6, 6.07) is 18.0. The summed E-state index contributed by atoms with van der Waals surface area (Å²) in [5, 5.41) is 0. The number of carbonyl (C=O) groups is 2. The SMILES string of the molecule is Cc1cc(OC(=O)Cc2ccccc2)cc2c1C(=O)/C(=C/c1ccccn1)O2. The predicted molar refractivity (Wildman–Crippen MR) is 104 cm³/mol. The van der Waals surface area contributed by atoms with Crippen LogP contribution in [-0.4, -0.2) is 16.7 Å². The fraction of sp³-hybridized carbons (Fsp3) is 0.0870. The number of ketones is 1. The molecule has 0 amide bonds. The molecule has 0 fully saturated rings. The van der Waals surface area contributed by atoms with Crippen molar-refractivity contribution in [3.05, 3.63) is 95.0 Å². The standard InChI is InChI=1S/C23H17NO4/c1-15-11-18(27-21(25)12-16-7-3-2-4-8-16)14-19-22(15)23(26)20(28-19)13-17-9-5-6-10-24-17/h2-11,13-14H,12H2,1H3/b20-13-. The van der Waals surface area contributed by atoms with Gasteiger partial charge in [-0.1, -0.05) is 36.4 Å². The van der Waals surface area contributed by atoms with Crippen LogP contribution in [0.4, 0.5) is 0 Å². The molecule has 2 aromatic carbocycles. The predicted octanol–water partition coefficient (Wildman–Crippen LogP) is 4.15. The highest BCUT2D eigenvalue weighted by Gasteiger charge is 2.30. The van der Waals surface area contributed by atoms with Gasteiger partial charge in [0.15, 0.2) is 5.76 Å². The minimum Gasteiger partial charge on any atom is -0.452 e. The Bertz CT molecular complexity index is 1070. The van der Waals surface area contributed by atoms with Gasteiger partial charge in [0.05, 0.1) is 17.7 Å². The minimum atomic E-state index is -0.376. The second-order valence-corrected chi connectivity index (χ2v) is 6.44. The Labute approximate surface area is 162 Å². The van der Waals surface area contributed by atoms with Gasteiger partial charge in [-0.3, -0.25) is 14.6 Å². The molecule has 2 heterocycles. The molecule has 1 aliphatic heterocycles. The molecule has 0 unspecified atom stereocenters. The Hall–Kier alpha value is -3.73. The number of hydrogen-bond acceptors (Lipinski definition) is 5. The van der Waals surface area contributed by atoms with Crippen LogP contribution >= 0.6 is 0 Å². The first-order valence-electron chi connectivity index (χ1n) is 8.85. The molecule has 0 spiro atoms. The van der Waals surface area contributed by atoms with E-state index in [1.54, 1.807) is 43.5 Å². The molecule has 28 heavy (non-hydrogen) atoms. The van der Waals surface area contributed by atoms with Gasteiger partial charge in [0.1, 0.15) is 11.5 Å². The summed E-state index contributed by atoms with van der Waals surface area (Å²) in [4.78, 5) is 29.1. The molecular weight excluding hydrogens is 354 g/mol. The van der Waals surface area contributed by atoms with Gasteiger partial charge in [-0.25, -0.2) is 0 Å². The maximum absolute atomic E-state index is 12.7. The molecule has 0 aliphatic carbocycles. The number of aryl methyl sites for hydroxylation is 1. The molecule has 0 bridgehead atoms. The van der Waals surface area contributed by atoms with Gasteiger partial charge in [0.25, 0.3) is 0 Å². The highest BCUT2D eigenvalue weighted by Crippen LogP contribution is 2.37. The van der Waals surface area contributed by atoms with Crippen molar-refractivity contribution in [2.24, 2.45) is 0 Å². The van der Waals surface area contributed by atoms with Crippen LogP contribution in [0.1, 0.15) is 27.2 Å². The fourth-order valence-corrected chi connectivity index (χ4v) is 3.06. The van der Waals surface area contributed by atoms with Crippen LogP contribution < -0.4 is 9.47 Å². The molecule has 1 aromatic heterocycles. The number of ether oxygens (including phenoxy) is 2.